The van der Waals surface area contributed by atoms with Crippen molar-refractivity contribution < 1.29 is 4.79 Å². The largest absolute Gasteiger partial charge is 0.360 e. The average Bonchev–Trinajstić information content (AvgIpc) is 2.96. The molecule has 2 aromatic heterocycles. The molecule has 0 spiro atoms. The molecule has 106 valence electrons. The Hall–Kier alpha value is -3.39. The number of pyridine rings is 1. The molecule has 0 bridgehead atoms. The quantitative estimate of drug-likeness (QED) is 0.574. The smallest absolute Gasteiger partial charge is 0.266 e. The van der Waals surface area contributed by atoms with Crippen LogP contribution in [0.1, 0.15) is 5.56 Å². The molecule has 22 heavy (non-hydrogen) atoms. The summed E-state index contributed by atoms with van der Waals surface area (Å²) in [5.74, 6) is -0.438. The van der Waals surface area contributed by atoms with Crippen LogP contribution in [0.2, 0.25) is 0 Å². The van der Waals surface area contributed by atoms with Gasteiger partial charge in [0.1, 0.15) is 11.6 Å². The fourth-order valence-corrected chi connectivity index (χ4v) is 2.13. The first kappa shape index (κ1) is 13.6. The molecule has 3 aromatic rings. The van der Waals surface area contributed by atoms with Crippen molar-refractivity contribution in [1.29, 1.82) is 5.26 Å². The SMILES string of the molecule is N#CC(=Cc1c[nH]c2ccncc12)C(=O)Nc1ccccc1. The van der Waals surface area contributed by atoms with Crippen LogP contribution in [0.5, 0.6) is 0 Å². The number of nitrogens with zero attached hydrogens (tertiary/aromatic N) is 2. The highest BCUT2D eigenvalue weighted by molar-refractivity contribution is 6.10. The first-order valence-corrected chi connectivity index (χ1v) is 6.67. The van der Waals surface area contributed by atoms with Crippen LogP contribution < -0.4 is 5.32 Å². The molecule has 3 rings (SSSR count). The van der Waals surface area contributed by atoms with Crippen molar-refractivity contribution in [1.82, 2.24) is 9.97 Å². The molecular formula is C17H12N4O. The Morgan fingerprint density at radius 2 is 2.09 bits per heavy atom. The number of benzene rings is 1. The molecule has 2 N–H and O–H groups in total. The summed E-state index contributed by atoms with van der Waals surface area (Å²) in [6.07, 6.45) is 6.68. The Labute approximate surface area is 126 Å². The lowest BCUT2D eigenvalue weighted by atomic mass is 10.1. The van der Waals surface area contributed by atoms with Crippen LogP contribution >= 0.6 is 0 Å². The van der Waals surface area contributed by atoms with Crippen molar-refractivity contribution in [3.63, 3.8) is 0 Å². The van der Waals surface area contributed by atoms with E-state index in [0.29, 0.717) is 5.69 Å². The Morgan fingerprint density at radius 1 is 1.27 bits per heavy atom. The van der Waals surface area contributed by atoms with Crippen LogP contribution in [0, 0.1) is 11.3 Å². The molecule has 0 aliphatic carbocycles. The number of anilines is 1. The number of hydrogen-bond donors (Lipinski definition) is 2. The van der Waals surface area contributed by atoms with Gasteiger partial charge in [0.05, 0.1) is 0 Å². The van der Waals surface area contributed by atoms with Crippen LogP contribution in [0.3, 0.4) is 0 Å². The highest BCUT2D eigenvalue weighted by Gasteiger charge is 2.11. The van der Waals surface area contributed by atoms with Gasteiger partial charge in [-0.3, -0.25) is 9.78 Å². The van der Waals surface area contributed by atoms with Crippen molar-refractivity contribution in [3.05, 3.63) is 66.1 Å². The number of H-pyrrole nitrogens is 1. The third-order valence-corrected chi connectivity index (χ3v) is 3.21. The first-order valence-electron chi connectivity index (χ1n) is 6.67. The molecule has 5 heteroatoms. The number of carbonyl (C=O) groups excluding carboxylic acids is 1. The molecule has 0 aliphatic rings. The molecule has 0 saturated carbocycles. The fourth-order valence-electron chi connectivity index (χ4n) is 2.13. The molecule has 0 unspecified atom stereocenters. The van der Waals surface area contributed by atoms with E-state index in [2.05, 4.69) is 15.3 Å². The molecule has 0 fully saturated rings. The second kappa shape index (κ2) is 5.94. The standard InChI is InChI=1S/C17H12N4O/c18-9-12(17(22)21-14-4-2-1-3-5-14)8-13-10-20-16-6-7-19-11-15(13)16/h1-8,10-11,20H,(H,21,22). The molecule has 1 aromatic carbocycles. The van der Waals surface area contributed by atoms with E-state index in [-0.39, 0.29) is 5.57 Å². The van der Waals surface area contributed by atoms with Crippen molar-refractivity contribution >= 4 is 28.6 Å². The van der Waals surface area contributed by atoms with E-state index < -0.39 is 5.91 Å². The van der Waals surface area contributed by atoms with Crippen LogP contribution in [0.15, 0.2) is 60.6 Å². The topological polar surface area (TPSA) is 81.6 Å². The molecular weight excluding hydrogens is 276 g/mol. The van der Waals surface area contributed by atoms with Gasteiger partial charge in [0, 0.05) is 40.7 Å². The molecule has 0 atom stereocenters. The minimum absolute atomic E-state index is 0.0357. The van der Waals surface area contributed by atoms with E-state index in [1.165, 1.54) is 0 Å². The van der Waals surface area contributed by atoms with Gasteiger partial charge in [-0.1, -0.05) is 18.2 Å². The minimum Gasteiger partial charge on any atom is -0.360 e. The van der Waals surface area contributed by atoms with Gasteiger partial charge in [0.15, 0.2) is 0 Å². The summed E-state index contributed by atoms with van der Waals surface area (Å²) in [5, 5.41) is 12.8. The number of aromatic amines is 1. The van der Waals surface area contributed by atoms with E-state index in [1.54, 1.807) is 36.8 Å². The molecule has 0 saturated heterocycles. The number of fused-ring (bicyclic) bond motifs is 1. The van der Waals surface area contributed by atoms with Crippen LogP contribution in [-0.2, 0) is 4.79 Å². The average molecular weight is 288 g/mol. The number of nitriles is 1. The van der Waals surface area contributed by atoms with Crippen molar-refractivity contribution in [3.8, 4) is 6.07 Å². The molecule has 1 amide bonds. The third kappa shape index (κ3) is 2.72. The van der Waals surface area contributed by atoms with Gasteiger partial charge < -0.3 is 10.3 Å². The summed E-state index contributed by atoms with van der Waals surface area (Å²) in [5.41, 5.74) is 2.34. The predicted molar refractivity (Wildman–Crippen MR) is 84.8 cm³/mol. The third-order valence-electron chi connectivity index (χ3n) is 3.21. The number of nitrogens with one attached hydrogen (secondary N) is 2. The monoisotopic (exact) mass is 288 g/mol. The number of aromatic nitrogens is 2. The molecule has 0 aliphatic heterocycles. The summed E-state index contributed by atoms with van der Waals surface area (Å²) in [4.78, 5) is 19.3. The first-order chi connectivity index (χ1) is 10.8. The molecule has 5 nitrogen and oxygen atoms in total. The Bertz CT molecular complexity index is 888. The zero-order valence-corrected chi connectivity index (χ0v) is 11.6. The van der Waals surface area contributed by atoms with E-state index >= 15 is 0 Å². The van der Waals surface area contributed by atoms with Crippen molar-refractivity contribution in [2.24, 2.45) is 0 Å². The Kier molecular flexibility index (Phi) is 3.67. The maximum Gasteiger partial charge on any atom is 0.266 e. The Balaban J connectivity index is 1.90. The normalized spacial score (nSPS) is 11.1. The lowest BCUT2D eigenvalue weighted by Crippen LogP contribution is -2.13. The second-order valence-electron chi connectivity index (χ2n) is 4.66. The summed E-state index contributed by atoms with van der Waals surface area (Å²) in [6.45, 7) is 0. The highest BCUT2D eigenvalue weighted by atomic mass is 16.1. The van der Waals surface area contributed by atoms with Gasteiger partial charge in [-0.05, 0) is 24.3 Å². The number of para-hydroxylation sites is 1. The van der Waals surface area contributed by atoms with Gasteiger partial charge in [-0.2, -0.15) is 5.26 Å². The van der Waals surface area contributed by atoms with Crippen molar-refractivity contribution in [2.75, 3.05) is 5.32 Å². The van der Waals surface area contributed by atoms with E-state index in [0.717, 1.165) is 16.5 Å². The van der Waals surface area contributed by atoms with E-state index in [4.69, 9.17) is 0 Å². The van der Waals surface area contributed by atoms with Gasteiger partial charge in [-0.25, -0.2) is 0 Å². The number of hydrogen-bond acceptors (Lipinski definition) is 3. The number of rotatable bonds is 3. The van der Waals surface area contributed by atoms with Crippen LogP contribution in [0.4, 0.5) is 5.69 Å². The molecule has 0 radical (unpaired) electrons. The zero-order chi connectivity index (χ0) is 15.4. The highest BCUT2D eigenvalue weighted by Crippen LogP contribution is 2.19. The summed E-state index contributed by atoms with van der Waals surface area (Å²) in [6, 6.07) is 12.8. The van der Waals surface area contributed by atoms with Crippen LogP contribution in [-0.4, -0.2) is 15.9 Å². The summed E-state index contributed by atoms with van der Waals surface area (Å²) >= 11 is 0. The van der Waals surface area contributed by atoms with E-state index in [9.17, 15) is 10.1 Å². The summed E-state index contributed by atoms with van der Waals surface area (Å²) < 4.78 is 0. The van der Waals surface area contributed by atoms with Gasteiger partial charge in [-0.15, -0.1) is 0 Å². The maximum absolute atomic E-state index is 12.2. The lowest BCUT2D eigenvalue weighted by Gasteiger charge is -2.03. The van der Waals surface area contributed by atoms with Gasteiger partial charge >= 0.3 is 0 Å². The van der Waals surface area contributed by atoms with E-state index in [1.807, 2.05) is 30.3 Å². The van der Waals surface area contributed by atoms with Gasteiger partial charge in [0.2, 0.25) is 0 Å². The fraction of sp³-hybridized carbons (Fsp3) is 0. The van der Waals surface area contributed by atoms with Crippen molar-refractivity contribution in [2.45, 2.75) is 0 Å². The second-order valence-corrected chi connectivity index (χ2v) is 4.66. The number of amides is 1. The summed E-state index contributed by atoms with van der Waals surface area (Å²) in [7, 11) is 0. The minimum atomic E-state index is -0.438. The lowest BCUT2D eigenvalue weighted by molar-refractivity contribution is -0.112. The number of carbonyl (C=O) groups is 1. The maximum atomic E-state index is 12.2. The molecule has 2 heterocycles. The van der Waals surface area contributed by atoms with Gasteiger partial charge in [0.25, 0.3) is 5.91 Å². The zero-order valence-electron chi connectivity index (χ0n) is 11.6. The van der Waals surface area contributed by atoms with Crippen LogP contribution in [0.25, 0.3) is 17.0 Å². The predicted octanol–water partition coefficient (Wildman–Crippen LogP) is 3.11. The Morgan fingerprint density at radius 3 is 2.86 bits per heavy atom.